The highest BCUT2D eigenvalue weighted by Crippen LogP contribution is 2.35. The lowest BCUT2D eigenvalue weighted by atomic mass is 9.98. The molecule has 2 aromatic carbocycles. The van der Waals surface area contributed by atoms with Gasteiger partial charge in [0.25, 0.3) is 0 Å². The highest BCUT2D eigenvalue weighted by atomic mass is 79.9. The molecule has 158 valence electrons. The van der Waals surface area contributed by atoms with Crippen molar-refractivity contribution in [3.63, 3.8) is 0 Å². The predicted molar refractivity (Wildman–Crippen MR) is 123 cm³/mol. The Hall–Kier alpha value is -0.980. The third-order valence-electron chi connectivity index (χ3n) is 5.02. The Morgan fingerprint density at radius 1 is 1.07 bits per heavy atom. The van der Waals surface area contributed by atoms with E-state index < -0.39 is 0 Å². The van der Waals surface area contributed by atoms with Crippen LogP contribution in [0.3, 0.4) is 0 Å². The van der Waals surface area contributed by atoms with Gasteiger partial charge in [0.2, 0.25) is 0 Å². The van der Waals surface area contributed by atoms with Gasteiger partial charge in [-0.3, -0.25) is 0 Å². The summed E-state index contributed by atoms with van der Waals surface area (Å²) in [6.07, 6.45) is 2.47. The van der Waals surface area contributed by atoms with Crippen molar-refractivity contribution in [2.24, 2.45) is 5.92 Å². The van der Waals surface area contributed by atoms with Crippen molar-refractivity contribution in [3.8, 4) is 11.5 Å². The third-order valence-corrected chi connectivity index (χ3v) is 6.34. The Bertz CT molecular complexity index is 814. The van der Waals surface area contributed by atoms with Crippen LogP contribution >= 0.6 is 39.1 Å². The van der Waals surface area contributed by atoms with Gasteiger partial charge in [-0.25, -0.2) is 0 Å². The number of hydrogen-bond donors (Lipinski definition) is 2. The van der Waals surface area contributed by atoms with Gasteiger partial charge < -0.3 is 20.1 Å². The summed E-state index contributed by atoms with van der Waals surface area (Å²) < 4.78 is 12.8. The van der Waals surface area contributed by atoms with Crippen molar-refractivity contribution in [3.05, 3.63) is 56.0 Å². The molecule has 1 fully saturated rings. The number of ether oxygens (including phenoxy) is 2. The molecule has 0 aromatic heterocycles. The summed E-state index contributed by atoms with van der Waals surface area (Å²) in [5, 5.41) is 8.20. The number of piperidine rings is 1. The molecule has 0 unspecified atom stereocenters. The third kappa shape index (κ3) is 6.76. The Kier molecular flexibility index (Phi) is 8.94. The average Bonchev–Trinajstić information content (AvgIpc) is 2.71. The molecule has 1 heterocycles. The molecule has 0 spiro atoms. The second kappa shape index (κ2) is 11.4. The molecular weight excluding hydrogens is 475 g/mol. The van der Waals surface area contributed by atoms with Crippen LogP contribution in [0.15, 0.2) is 34.8 Å². The molecular formula is C22H27BrCl2N2O2. The minimum atomic E-state index is 0.343. The van der Waals surface area contributed by atoms with Crippen LogP contribution in [0.4, 0.5) is 0 Å². The summed E-state index contributed by atoms with van der Waals surface area (Å²) in [6, 6.07) is 9.41. The van der Waals surface area contributed by atoms with Gasteiger partial charge in [-0.15, -0.1) is 0 Å². The molecule has 4 nitrogen and oxygen atoms in total. The summed E-state index contributed by atoms with van der Waals surface area (Å²) in [6.45, 7) is 6.94. The van der Waals surface area contributed by atoms with Gasteiger partial charge in [-0.05, 0) is 75.1 Å². The van der Waals surface area contributed by atoms with Gasteiger partial charge in [0.05, 0.1) is 6.61 Å². The minimum Gasteiger partial charge on any atom is -0.490 e. The number of nitrogens with one attached hydrogen (secondary N) is 2. The standard InChI is InChI=1S/C22H27BrCl2N2O2/c1-2-28-21-9-17(13-27-12-15-5-7-26-8-6-15)19(23)11-22(21)29-14-16-3-4-18(24)10-20(16)25/h3-4,9-11,15,26-27H,2,5-8,12-14H2,1H3. The normalized spacial score (nSPS) is 14.8. The van der Waals surface area contributed by atoms with Crippen molar-refractivity contribution in [1.82, 2.24) is 10.6 Å². The van der Waals surface area contributed by atoms with E-state index in [0.29, 0.717) is 29.0 Å². The number of benzene rings is 2. The second-order valence-corrected chi connectivity index (χ2v) is 8.87. The highest BCUT2D eigenvalue weighted by molar-refractivity contribution is 9.10. The molecule has 1 aliphatic heterocycles. The van der Waals surface area contributed by atoms with Crippen molar-refractivity contribution < 1.29 is 9.47 Å². The largest absolute Gasteiger partial charge is 0.490 e. The van der Waals surface area contributed by atoms with Crippen LogP contribution in [0.1, 0.15) is 30.9 Å². The van der Waals surface area contributed by atoms with Gasteiger partial charge in [0.15, 0.2) is 11.5 Å². The van der Waals surface area contributed by atoms with E-state index in [1.807, 2.05) is 31.2 Å². The summed E-state index contributed by atoms with van der Waals surface area (Å²) in [4.78, 5) is 0. The predicted octanol–water partition coefficient (Wildman–Crippen LogP) is 5.82. The second-order valence-electron chi connectivity index (χ2n) is 7.17. The SMILES string of the molecule is CCOc1cc(CNCC2CCNCC2)c(Br)cc1OCc1ccc(Cl)cc1Cl. The first-order chi connectivity index (χ1) is 14.1. The van der Waals surface area contributed by atoms with Crippen molar-refractivity contribution in [2.45, 2.75) is 32.9 Å². The van der Waals surface area contributed by atoms with Crippen molar-refractivity contribution >= 4 is 39.1 Å². The topological polar surface area (TPSA) is 42.5 Å². The minimum absolute atomic E-state index is 0.343. The Morgan fingerprint density at radius 2 is 1.83 bits per heavy atom. The van der Waals surface area contributed by atoms with E-state index in [-0.39, 0.29) is 0 Å². The summed E-state index contributed by atoms with van der Waals surface area (Å²) in [5.41, 5.74) is 2.03. The summed E-state index contributed by atoms with van der Waals surface area (Å²) in [5.74, 6) is 2.17. The fourth-order valence-corrected chi connectivity index (χ4v) is 4.31. The molecule has 0 radical (unpaired) electrons. The summed E-state index contributed by atoms with van der Waals surface area (Å²) >= 11 is 15.9. The number of halogens is 3. The van der Waals surface area contributed by atoms with Crippen molar-refractivity contribution in [2.75, 3.05) is 26.2 Å². The van der Waals surface area contributed by atoms with Gasteiger partial charge in [0, 0.05) is 26.6 Å². The van der Waals surface area contributed by atoms with E-state index >= 15 is 0 Å². The van der Waals surface area contributed by atoms with Crippen LogP contribution in [-0.4, -0.2) is 26.2 Å². The van der Waals surface area contributed by atoms with Crippen LogP contribution in [0.25, 0.3) is 0 Å². The lowest BCUT2D eigenvalue weighted by molar-refractivity contribution is 0.269. The van der Waals surface area contributed by atoms with Gasteiger partial charge in [-0.1, -0.05) is 45.2 Å². The molecule has 1 aliphatic rings. The smallest absolute Gasteiger partial charge is 0.162 e. The van der Waals surface area contributed by atoms with Crippen LogP contribution in [0.5, 0.6) is 11.5 Å². The molecule has 2 aromatic rings. The molecule has 0 aliphatic carbocycles. The molecule has 0 bridgehead atoms. The molecule has 2 N–H and O–H groups in total. The Morgan fingerprint density at radius 3 is 2.55 bits per heavy atom. The lowest BCUT2D eigenvalue weighted by Gasteiger charge is -2.23. The zero-order chi connectivity index (χ0) is 20.6. The first-order valence-corrected chi connectivity index (χ1v) is 11.5. The zero-order valence-electron chi connectivity index (χ0n) is 16.6. The van der Waals surface area contributed by atoms with Crippen LogP contribution in [-0.2, 0) is 13.2 Å². The van der Waals surface area contributed by atoms with Crippen LogP contribution < -0.4 is 20.1 Å². The van der Waals surface area contributed by atoms with Gasteiger partial charge in [-0.2, -0.15) is 0 Å². The lowest BCUT2D eigenvalue weighted by Crippen LogP contribution is -2.33. The fraction of sp³-hybridized carbons (Fsp3) is 0.455. The van der Waals surface area contributed by atoms with E-state index in [0.717, 1.165) is 53.4 Å². The van der Waals surface area contributed by atoms with E-state index in [1.165, 1.54) is 12.8 Å². The molecule has 7 heteroatoms. The molecule has 1 saturated heterocycles. The number of rotatable bonds is 9. The van der Waals surface area contributed by atoms with E-state index in [4.69, 9.17) is 32.7 Å². The number of hydrogen-bond acceptors (Lipinski definition) is 4. The maximum atomic E-state index is 6.26. The van der Waals surface area contributed by atoms with Crippen molar-refractivity contribution in [1.29, 1.82) is 0 Å². The van der Waals surface area contributed by atoms with Gasteiger partial charge >= 0.3 is 0 Å². The van der Waals surface area contributed by atoms with E-state index in [1.54, 1.807) is 6.07 Å². The zero-order valence-corrected chi connectivity index (χ0v) is 19.7. The first kappa shape index (κ1) is 22.7. The maximum Gasteiger partial charge on any atom is 0.162 e. The monoisotopic (exact) mass is 500 g/mol. The molecule has 3 rings (SSSR count). The van der Waals surface area contributed by atoms with Crippen LogP contribution in [0.2, 0.25) is 10.0 Å². The fourth-order valence-electron chi connectivity index (χ4n) is 3.38. The quantitative estimate of drug-likeness (QED) is 0.454. The molecule has 0 amide bonds. The molecule has 0 saturated carbocycles. The first-order valence-electron chi connectivity index (χ1n) is 10.00. The average molecular weight is 502 g/mol. The van der Waals surface area contributed by atoms with E-state index in [2.05, 4.69) is 26.6 Å². The molecule has 0 atom stereocenters. The van der Waals surface area contributed by atoms with Gasteiger partial charge in [0.1, 0.15) is 6.61 Å². The maximum absolute atomic E-state index is 6.26. The van der Waals surface area contributed by atoms with E-state index in [9.17, 15) is 0 Å². The highest BCUT2D eigenvalue weighted by Gasteiger charge is 2.15. The Balaban J connectivity index is 1.64. The summed E-state index contributed by atoms with van der Waals surface area (Å²) in [7, 11) is 0. The molecule has 29 heavy (non-hydrogen) atoms. The van der Waals surface area contributed by atoms with Crippen LogP contribution in [0, 0.1) is 5.92 Å². The Labute approximate surface area is 191 Å².